The van der Waals surface area contributed by atoms with Crippen molar-refractivity contribution in [2.75, 3.05) is 7.11 Å². The zero-order chi connectivity index (χ0) is 20.0. The van der Waals surface area contributed by atoms with Crippen LogP contribution in [-0.4, -0.2) is 17.9 Å². The van der Waals surface area contributed by atoms with Crippen molar-refractivity contribution in [1.82, 2.24) is 0 Å². The first kappa shape index (κ1) is 19.5. The van der Waals surface area contributed by atoms with Gasteiger partial charge in [-0.2, -0.15) is 5.26 Å². The SMILES string of the molecule is COc1ccc(/C=C(/C#N)C(N)=O)cc1COc1ccc(C)cc1[N+](=O)[O-]. The molecule has 2 rings (SSSR count). The van der Waals surface area contributed by atoms with Crippen molar-refractivity contribution < 1.29 is 19.2 Å². The van der Waals surface area contributed by atoms with Gasteiger partial charge < -0.3 is 15.2 Å². The fraction of sp³-hybridized carbons (Fsp3) is 0.158. The van der Waals surface area contributed by atoms with Gasteiger partial charge >= 0.3 is 5.69 Å². The second-order valence-electron chi connectivity index (χ2n) is 5.62. The van der Waals surface area contributed by atoms with Crippen LogP contribution in [0.1, 0.15) is 16.7 Å². The molecule has 1 amide bonds. The van der Waals surface area contributed by atoms with Crippen LogP contribution in [0.5, 0.6) is 11.5 Å². The van der Waals surface area contributed by atoms with E-state index < -0.39 is 10.8 Å². The number of rotatable bonds is 7. The average Bonchev–Trinajstić information content (AvgIpc) is 2.64. The Kier molecular flexibility index (Phi) is 6.12. The summed E-state index contributed by atoms with van der Waals surface area (Å²) in [5, 5.41) is 20.2. The zero-order valence-corrected chi connectivity index (χ0v) is 14.8. The summed E-state index contributed by atoms with van der Waals surface area (Å²) in [6.45, 7) is 1.74. The van der Waals surface area contributed by atoms with Gasteiger partial charge in [-0.3, -0.25) is 14.9 Å². The van der Waals surface area contributed by atoms with E-state index in [2.05, 4.69) is 0 Å². The first-order valence-corrected chi connectivity index (χ1v) is 7.82. The monoisotopic (exact) mass is 367 g/mol. The molecule has 0 unspecified atom stereocenters. The predicted molar refractivity (Wildman–Crippen MR) is 97.9 cm³/mol. The lowest BCUT2D eigenvalue weighted by molar-refractivity contribution is -0.386. The number of nitro groups is 1. The summed E-state index contributed by atoms with van der Waals surface area (Å²) in [7, 11) is 1.48. The van der Waals surface area contributed by atoms with Crippen LogP contribution in [0.3, 0.4) is 0 Å². The minimum absolute atomic E-state index is 0.00673. The van der Waals surface area contributed by atoms with Crippen molar-refractivity contribution in [2.45, 2.75) is 13.5 Å². The van der Waals surface area contributed by atoms with E-state index in [-0.39, 0.29) is 23.6 Å². The van der Waals surface area contributed by atoms with Gasteiger partial charge in [0, 0.05) is 11.6 Å². The van der Waals surface area contributed by atoms with Crippen LogP contribution in [0.2, 0.25) is 0 Å². The summed E-state index contributed by atoms with van der Waals surface area (Å²) in [5.41, 5.74) is 6.69. The summed E-state index contributed by atoms with van der Waals surface area (Å²) in [6.07, 6.45) is 1.35. The van der Waals surface area contributed by atoms with Gasteiger partial charge in [-0.05, 0) is 42.3 Å². The summed E-state index contributed by atoms with van der Waals surface area (Å²) in [6, 6.07) is 11.3. The highest BCUT2D eigenvalue weighted by Crippen LogP contribution is 2.30. The Morgan fingerprint density at radius 3 is 2.59 bits per heavy atom. The molecule has 2 aromatic carbocycles. The maximum absolute atomic E-state index is 11.2. The van der Waals surface area contributed by atoms with Crippen molar-refractivity contribution >= 4 is 17.7 Å². The highest BCUT2D eigenvalue weighted by molar-refractivity contribution is 6.00. The third kappa shape index (κ3) is 4.83. The van der Waals surface area contributed by atoms with Gasteiger partial charge in [-0.1, -0.05) is 12.1 Å². The van der Waals surface area contributed by atoms with Gasteiger partial charge in [0.15, 0.2) is 5.75 Å². The highest BCUT2D eigenvalue weighted by Gasteiger charge is 2.16. The largest absolute Gasteiger partial charge is 0.496 e. The topological polar surface area (TPSA) is 128 Å². The van der Waals surface area contributed by atoms with E-state index in [0.717, 1.165) is 5.56 Å². The fourth-order valence-corrected chi connectivity index (χ4v) is 2.37. The zero-order valence-electron chi connectivity index (χ0n) is 14.8. The second-order valence-corrected chi connectivity index (χ2v) is 5.62. The quantitative estimate of drug-likeness (QED) is 0.347. The minimum Gasteiger partial charge on any atom is -0.496 e. The standard InChI is InChI=1S/C19H17N3O5/c1-12-3-5-18(16(7-12)22(24)25)27-11-15-9-13(4-6-17(15)26-2)8-14(10-20)19(21)23/h3-9H,11H2,1-2H3,(H2,21,23)/b14-8-. The van der Waals surface area contributed by atoms with Crippen LogP contribution < -0.4 is 15.2 Å². The van der Waals surface area contributed by atoms with Crippen molar-refractivity contribution in [3.8, 4) is 17.6 Å². The maximum atomic E-state index is 11.2. The number of nitro benzene ring substituents is 1. The smallest absolute Gasteiger partial charge is 0.311 e. The van der Waals surface area contributed by atoms with Crippen LogP contribution in [0.15, 0.2) is 42.0 Å². The number of carbonyl (C=O) groups excluding carboxylic acids is 1. The minimum atomic E-state index is -0.832. The number of methoxy groups -OCH3 is 1. The number of nitriles is 1. The molecule has 2 N–H and O–H groups in total. The molecular weight excluding hydrogens is 350 g/mol. The Balaban J connectivity index is 2.34. The van der Waals surface area contributed by atoms with Gasteiger partial charge in [0.25, 0.3) is 5.91 Å². The molecule has 0 saturated heterocycles. The molecule has 0 aliphatic heterocycles. The summed E-state index contributed by atoms with van der Waals surface area (Å²) in [4.78, 5) is 21.9. The van der Waals surface area contributed by atoms with E-state index >= 15 is 0 Å². The lowest BCUT2D eigenvalue weighted by Gasteiger charge is -2.12. The van der Waals surface area contributed by atoms with Crippen molar-refractivity contribution in [3.05, 3.63) is 68.8 Å². The molecule has 0 spiro atoms. The Labute approximate surface area is 155 Å². The third-order valence-corrected chi connectivity index (χ3v) is 3.70. The number of primary amides is 1. The van der Waals surface area contributed by atoms with Gasteiger partial charge in [0.2, 0.25) is 0 Å². The summed E-state index contributed by atoms with van der Waals surface area (Å²) in [5.74, 6) is -0.204. The Hall–Kier alpha value is -3.86. The molecule has 0 aliphatic rings. The van der Waals surface area contributed by atoms with Crippen LogP contribution >= 0.6 is 0 Å². The third-order valence-electron chi connectivity index (χ3n) is 3.70. The van der Waals surface area contributed by atoms with Crippen LogP contribution in [0.25, 0.3) is 6.08 Å². The predicted octanol–water partition coefficient (Wildman–Crippen LogP) is 2.88. The summed E-state index contributed by atoms with van der Waals surface area (Å²) < 4.78 is 10.9. The second kappa shape index (κ2) is 8.49. The van der Waals surface area contributed by atoms with E-state index in [0.29, 0.717) is 16.9 Å². The number of amides is 1. The van der Waals surface area contributed by atoms with Crippen molar-refractivity contribution in [2.24, 2.45) is 5.73 Å². The highest BCUT2D eigenvalue weighted by atomic mass is 16.6. The molecule has 0 radical (unpaired) electrons. The van der Waals surface area contributed by atoms with E-state index in [9.17, 15) is 14.9 Å². The lowest BCUT2D eigenvalue weighted by atomic mass is 10.1. The molecular formula is C19H17N3O5. The number of aryl methyl sites for hydroxylation is 1. The molecule has 0 heterocycles. The molecule has 8 nitrogen and oxygen atoms in total. The Morgan fingerprint density at radius 2 is 2.00 bits per heavy atom. The lowest BCUT2D eigenvalue weighted by Crippen LogP contribution is -2.12. The number of hydrogen-bond donors (Lipinski definition) is 1. The molecule has 0 aliphatic carbocycles. The number of hydrogen-bond acceptors (Lipinski definition) is 6. The van der Waals surface area contributed by atoms with E-state index in [1.807, 2.05) is 0 Å². The van der Waals surface area contributed by atoms with E-state index in [1.54, 1.807) is 37.3 Å². The first-order valence-electron chi connectivity index (χ1n) is 7.82. The first-order chi connectivity index (χ1) is 12.8. The number of benzene rings is 2. The van der Waals surface area contributed by atoms with Gasteiger partial charge in [-0.15, -0.1) is 0 Å². The molecule has 2 aromatic rings. The number of ether oxygens (including phenoxy) is 2. The van der Waals surface area contributed by atoms with Gasteiger partial charge in [-0.25, -0.2) is 0 Å². The fourth-order valence-electron chi connectivity index (χ4n) is 2.37. The molecule has 138 valence electrons. The molecule has 0 atom stereocenters. The van der Waals surface area contributed by atoms with Crippen LogP contribution in [-0.2, 0) is 11.4 Å². The number of carbonyl (C=O) groups is 1. The molecule has 8 heteroatoms. The summed E-state index contributed by atoms with van der Waals surface area (Å²) >= 11 is 0. The Morgan fingerprint density at radius 1 is 1.30 bits per heavy atom. The molecule has 0 aromatic heterocycles. The normalized spacial score (nSPS) is 10.8. The van der Waals surface area contributed by atoms with E-state index in [4.69, 9.17) is 20.5 Å². The van der Waals surface area contributed by atoms with Crippen molar-refractivity contribution in [3.63, 3.8) is 0 Å². The van der Waals surface area contributed by atoms with E-state index in [1.165, 1.54) is 25.3 Å². The van der Waals surface area contributed by atoms with Crippen LogP contribution in [0, 0.1) is 28.4 Å². The average molecular weight is 367 g/mol. The molecule has 27 heavy (non-hydrogen) atoms. The molecule has 0 fully saturated rings. The maximum Gasteiger partial charge on any atom is 0.311 e. The van der Waals surface area contributed by atoms with Gasteiger partial charge in [0.1, 0.15) is 24.0 Å². The van der Waals surface area contributed by atoms with Crippen LogP contribution in [0.4, 0.5) is 5.69 Å². The van der Waals surface area contributed by atoms with Gasteiger partial charge in [0.05, 0.1) is 12.0 Å². The number of nitrogens with two attached hydrogens (primary N) is 1. The Bertz CT molecular complexity index is 960. The molecule has 0 bridgehead atoms. The van der Waals surface area contributed by atoms with Crippen molar-refractivity contribution in [1.29, 1.82) is 5.26 Å². The molecule has 0 saturated carbocycles. The number of nitrogens with zero attached hydrogens (tertiary/aromatic N) is 2.